The fourth-order valence-corrected chi connectivity index (χ4v) is 6.34. The van der Waals surface area contributed by atoms with E-state index in [1.807, 2.05) is 18.2 Å². The van der Waals surface area contributed by atoms with E-state index in [9.17, 15) is 13.2 Å². The van der Waals surface area contributed by atoms with Crippen molar-refractivity contribution in [2.75, 3.05) is 24.5 Å². The van der Waals surface area contributed by atoms with Crippen LogP contribution in [0.4, 0.5) is 5.69 Å². The molecule has 0 spiro atoms. The summed E-state index contributed by atoms with van der Waals surface area (Å²) in [5.41, 5.74) is 1.71. The number of carbonyl (C=O) groups is 1. The molecule has 0 radical (unpaired) electrons. The maximum atomic E-state index is 13.3. The van der Waals surface area contributed by atoms with Gasteiger partial charge in [0.2, 0.25) is 0 Å². The van der Waals surface area contributed by atoms with E-state index in [1.165, 1.54) is 6.07 Å². The van der Waals surface area contributed by atoms with Gasteiger partial charge in [-0.25, -0.2) is 8.42 Å². The Bertz CT molecular complexity index is 1290. The second-order valence-electron chi connectivity index (χ2n) is 7.40. The van der Waals surface area contributed by atoms with Gasteiger partial charge in [-0.3, -0.25) is 9.52 Å². The number of ether oxygens (including phenoxy) is 1. The lowest BCUT2D eigenvalue weighted by atomic mass is 10.0. The molecule has 0 aliphatic carbocycles. The minimum Gasteiger partial charge on any atom is -0.377 e. The van der Waals surface area contributed by atoms with Gasteiger partial charge in [-0.15, -0.1) is 0 Å². The molecule has 4 rings (SSSR count). The van der Waals surface area contributed by atoms with Crippen LogP contribution in [-0.2, 0) is 14.8 Å². The van der Waals surface area contributed by atoms with Crippen LogP contribution >= 0.6 is 43.5 Å². The van der Waals surface area contributed by atoms with Crippen molar-refractivity contribution < 1.29 is 17.9 Å². The Hall–Kier alpha value is -1.91. The quantitative estimate of drug-likeness (QED) is 0.390. The van der Waals surface area contributed by atoms with Crippen LogP contribution < -0.4 is 4.72 Å². The van der Waals surface area contributed by atoms with Gasteiger partial charge in [-0.1, -0.05) is 39.7 Å². The predicted octanol–water partition coefficient (Wildman–Crippen LogP) is 5.88. The third-order valence-electron chi connectivity index (χ3n) is 5.19. The van der Waals surface area contributed by atoms with E-state index in [2.05, 4.69) is 36.6 Å². The second kappa shape index (κ2) is 10.1. The molecular formula is C23H19Br2ClN2O4S. The molecule has 0 saturated carbocycles. The summed E-state index contributed by atoms with van der Waals surface area (Å²) in [4.78, 5) is 15.1. The highest BCUT2D eigenvalue weighted by atomic mass is 79.9. The number of anilines is 1. The van der Waals surface area contributed by atoms with Crippen molar-refractivity contribution in [3.05, 3.63) is 91.8 Å². The molecule has 1 atom stereocenters. The van der Waals surface area contributed by atoms with E-state index >= 15 is 0 Å². The monoisotopic (exact) mass is 612 g/mol. The molecule has 1 N–H and O–H groups in total. The average Bonchev–Trinajstić information content (AvgIpc) is 2.80. The van der Waals surface area contributed by atoms with Crippen molar-refractivity contribution in [2.45, 2.75) is 10.9 Å². The minimum absolute atomic E-state index is 0.106. The highest BCUT2D eigenvalue weighted by Crippen LogP contribution is 2.29. The van der Waals surface area contributed by atoms with E-state index < -0.39 is 10.0 Å². The summed E-state index contributed by atoms with van der Waals surface area (Å²) in [6.07, 6.45) is 0. The minimum atomic E-state index is -3.82. The highest BCUT2D eigenvalue weighted by molar-refractivity contribution is 9.11. The largest absolute Gasteiger partial charge is 0.377 e. The van der Waals surface area contributed by atoms with E-state index in [0.29, 0.717) is 45.0 Å². The zero-order valence-electron chi connectivity index (χ0n) is 17.2. The Morgan fingerprint density at radius 3 is 2.55 bits per heavy atom. The number of nitrogens with zero attached hydrogens (tertiary/aromatic N) is 1. The summed E-state index contributed by atoms with van der Waals surface area (Å²) in [7, 11) is -3.82. The molecule has 3 aromatic rings. The molecule has 0 bridgehead atoms. The Kier molecular flexibility index (Phi) is 7.45. The summed E-state index contributed by atoms with van der Waals surface area (Å²) in [6, 6.07) is 18.4. The van der Waals surface area contributed by atoms with Gasteiger partial charge in [0.05, 0.1) is 19.3 Å². The van der Waals surface area contributed by atoms with E-state index in [-0.39, 0.29) is 16.8 Å². The van der Waals surface area contributed by atoms with E-state index in [0.717, 1.165) is 5.56 Å². The number of morpholine rings is 1. The fraction of sp³-hybridized carbons (Fsp3) is 0.174. The van der Waals surface area contributed by atoms with Crippen LogP contribution in [0.15, 0.2) is 80.6 Å². The fourth-order valence-electron chi connectivity index (χ4n) is 3.58. The Balaban J connectivity index is 1.53. The average molecular weight is 615 g/mol. The first-order chi connectivity index (χ1) is 15.7. The molecule has 1 fully saturated rings. The number of hydrogen-bond donors (Lipinski definition) is 1. The number of rotatable bonds is 5. The molecule has 33 heavy (non-hydrogen) atoms. The number of sulfonamides is 1. The van der Waals surface area contributed by atoms with Gasteiger partial charge in [0.1, 0.15) is 4.90 Å². The summed E-state index contributed by atoms with van der Waals surface area (Å²) < 4.78 is 34.9. The Morgan fingerprint density at radius 2 is 1.82 bits per heavy atom. The van der Waals surface area contributed by atoms with Crippen molar-refractivity contribution in [1.29, 1.82) is 0 Å². The highest BCUT2D eigenvalue weighted by Gasteiger charge is 2.29. The van der Waals surface area contributed by atoms with Crippen LogP contribution in [0, 0.1) is 0 Å². The molecule has 10 heteroatoms. The van der Waals surface area contributed by atoms with Crippen molar-refractivity contribution in [3.63, 3.8) is 0 Å². The van der Waals surface area contributed by atoms with Crippen molar-refractivity contribution >= 4 is 65.1 Å². The molecule has 1 aliphatic heterocycles. The molecule has 0 aromatic heterocycles. The Morgan fingerprint density at radius 1 is 1.06 bits per heavy atom. The topological polar surface area (TPSA) is 75.7 Å². The lowest BCUT2D eigenvalue weighted by molar-refractivity contribution is -0.00269. The molecule has 6 nitrogen and oxygen atoms in total. The van der Waals surface area contributed by atoms with Crippen molar-refractivity contribution in [1.82, 2.24) is 4.90 Å². The first-order valence-electron chi connectivity index (χ1n) is 9.97. The van der Waals surface area contributed by atoms with Crippen LogP contribution in [0.2, 0.25) is 5.02 Å². The first kappa shape index (κ1) is 24.2. The van der Waals surface area contributed by atoms with Crippen LogP contribution in [0.5, 0.6) is 0 Å². The van der Waals surface area contributed by atoms with Gasteiger partial charge in [0.25, 0.3) is 15.9 Å². The number of hydrogen-bond acceptors (Lipinski definition) is 4. The van der Waals surface area contributed by atoms with Crippen LogP contribution in [0.3, 0.4) is 0 Å². The maximum Gasteiger partial charge on any atom is 0.263 e. The van der Waals surface area contributed by atoms with Gasteiger partial charge in [-0.05, 0) is 76.1 Å². The Labute approximate surface area is 214 Å². The lowest BCUT2D eigenvalue weighted by Gasteiger charge is -2.36. The third kappa shape index (κ3) is 5.60. The van der Waals surface area contributed by atoms with Gasteiger partial charge >= 0.3 is 0 Å². The summed E-state index contributed by atoms with van der Waals surface area (Å²) in [6.45, 7) is 1.27. The maximum absolute atomic E-state index is 13.3. The van der Waals surface area contributed by atoms with Crippen molar-refractivity contribution in [3.8, 4) is 0 Å². The summed E-state index contributed by atoms with van der Waals surface area (Å²) >= 11 is 12.7. The summed E-state index contributed by atoms with van der Waals surface area (Å²) in [5, 5.41) is 0.596. The standard InChI is InChI=1S/C23H19Br2ClN2O4S/c24-17-6-9-20(25)22(13-17)33(30,31)27-19-7-4-15(5-8-19)23(29)28-10-11-32-14-21(28)16-2-1-3-18(26)12-16/h1-9,12-13,21,27H,10-11,14H2. The smallest absolute Gasteiger partial charge is 0.263 e. The SMILES string of the molecule is O=C(c1ccc(NS(=O)(=O)c2cc(Br)ccc2Br)cc1)N1CCOCC1c1cccc(Cl)c1. The number of amides is 1. The van der Waals surface area contributed by atoms with Crippen LogP contribution in [-0.4, -0.2) is 39.0 Å². The zero-order valence-corrected chi connectivity index (χ0v) is 21.9. The molecule has 1 saturated heterocycles. The first-order valence-corrected chi connectivity index (χ1v) is 13.4. The number of halogens is 3. The van der Waals surface area contributed by atoms with E-state index in [4.69, 9.17) is 16.3 Å². The molecule has 172 valence electrons. The normalized spacial score (nSPS) is 16.5. The summed E-state index contributed by atoms with van der Waals surface area (Å²) in [5.74, 6) is -0.160. The van der Waals surface area contributed by atoms with E-state index in [1.54, 1.807) is 47.4 Å². The number of benzene rings is 3. The molecular weight excluding hydrogens is 596 g/mol. The third-order valence-corrected chi connectivity index (χ3v) is 8.29. The predicted molar refractivity (Wildman–Crippen MR) is 135 cm³/mol. The zero-order chi connectivity index (χ0) is 23.6. The number of carbonyl (C=O) groups excluding carboxylic acids is 1. The van der Waals surface area contributed by atoms with Crippen molar-refractivity contribution in [2.24, 2.45) is 0 Å². The molecule has 1 aliphatic rings. The lowest BCUT2D eigenvalue weighted by Crippen LogP contribution is -2.43. The van der Waals surface area contributed by atoms with Gasteiger partial charge in [-0.2, -0.15) is 0 Å². The molecule has 3 aromatic carbocycles. The molecule has 1 heterocycles. The second-order valence-corrected chi connectivity index (χ2v) is 11.3. The van der Waals surface area contributed by atoms with Gasteiger partial charge in [0, 0.05) is 31.8 Å². The molecule has 1 amide bonds. The van der Waals surface area contributed by atoms with Gasteiger partial charge < -0.3 is 9.64 Å². The number of nitrogens with one attached hydrogen (secondary N) is 1. The van der Waals surface area contributed by atoms with Crippen LogP contribution in [0.25, 0.3) is 0 Å². The molecule has 1 unspecified atom stereocenters. The van der Waals surface area contributed by atoms with Crippen LogP contribution in [0.1, 0.15) is 22.0 Å². The van der Waals surface area contributed by atoms with Gasteiger partial charge in [0.15, 0.2) is 0 Å².